The number of halogens is 2. The molecule has 26 heavy (non-hydrogen) atoms. The van der Waals surface area contributed by atoms with Crippen molar-refractivity contribution < 1.29 is 48.0 Å². The molecule has 0 saturated heterocycles. The van der Waals surface area contributed by atoms with E-state index in [4.69, 9.17) is 0 Å². The van der Waals surface area contributed by atoms with Gasteiger partial charge in [0.1, 0.15) is 0 Å². The molecule has 0 N–H and O–H groups in total. The molecule has 0 amide bonds. The van der Waals surface area contributed by atoms with Crippen molar-refractivity contribution >= 4 is 11.8 Å². The number of allylic oxidation sites excluding steroid dienone is 5. The normalized spacial score (nSPS) is 17.8. The Kier molecular flexibility index (Phi) is 6.99. The van der Waals surface area contributed by atoms with Crippen molar-refractivity contribution in [2.24, 2.45) is 0 Å². The molecule has 0 spiro atoms. The number of hydrogen-bond acceptors (Lipinski definition) is 0. The van der Waals surface area contributed by atoms with Crippen molar-refractivity contribution in [3.05, 3.63) is 79.4 Å². The van der Waals surface area contributed by atoms with Crippen LogP contribution in [-0.2, 0) is 23.2 Å². The third-order valence-corrected chi connectivity index (χ3v) is 9.79. The van der Waals surface area contributed by atoms with Gasteiger partial charge in [0, 0.05) is 0 Å². The molecule has 1 aromatic heterocycles. The van der Waals surface area contributed by atoms with E-state index in [0.29, 0.717) is 3.63 Å². The predicted octanol–water partition coefficient (Wildman–Crippen LogP) is -0.128. The van der Waals surface area contributed by atoms with Crippen LogP contribution in [0.4, 0.5) is 0 Å². The molecule has 0 aliphatic heterocycles. The van der Waals surface area contributed by atoms with Gasteiger partial charge in [0.2, 0.25) is 0 Å². The van der Waals surface area contributed by atoms with E-state index in [2.05, 4.69) is 80.9 Å². The first-order valence-corrected chi connectivity index (χ1v) is 11.3. The zero-order chi connectivity index (χ0) is 16.8. The first kappa shape index (κ1) is 21.5. The number of nitrogens with zero attached hydrogens (tertiary/aromatic N) is 1. The number of hydrogen-bond donors (Lipinski definition) is 0. The standard InChI is InChI=1S/C15H14N.C7H9.2ClH.Zr/c1-11-7-12(2)16(10-11)15-8-13-5-3-4-6-14(13)9-15;1-6-4-3-5-7(6)2;;;/h3-10H,1-2H3;4H,3H2,1-2H3;2*1H;/q;;;;+2/p-2. The van der Waals surface area contributed by atoms with E-state index >= 15 is 0 Å². The molecule has 0 saturated carbocycles. The second-order valence-electron chi connectivity index (χ2n) is 7.00. The summed E-state index contributed by atoms with van der Waals surface area (Å²) < 4.78 is 4.83. The molecule has 0 fully saturated rings. The quantitative estimate of drug-likeness (QED) is 0.598. The molecule has 4 rings (SSSR count). The van der Waals surface area contributed by atoms with Crippen molar-refractivity contribution in [1.82, 2.24) is 4.57 Å². The Bertz CT molecular complexity index is 918. The summed E-state index contributed by atoms with van der Waals surface area (Å²) >= 11 is -0.721. The van der Waals surface area contributed by atoms with Crippen molar-refractivity contribution in [3.63, 3.8) is 0 Å². The molecule has 0 radical (unpaired) electrons. The van der Waals surface area contributed by atoms with Gasteiger partial charge in [-0.05, 0) is 0 Å². The molecule has 4 heteroatoms. The number of rotatable bonds is 3. The smallest absolute Gasteiger partial charge is 1.00 e. The first-order chi connectivity index (χ1) is 11.5. The van der Waals surface area contributed by atoms with Crippen LogP contribution in [0.15, 0.2) is 57.0 Å². The van der Waals surface area contributed by atoms with E-state index < -0.39 is 23.2 Å². The van der Waals surface area contributed by atoms with Gasteiger partial charge < -0.3 is 24.8 Å². The molecule has 2 aliphatic rings. The van der Waals surface area contributed by atoms with Gasteiger partial charge in [-0.2, -0.15) is 0 Å². The van der Waals surface area contributed by atoms with Gasteiger partial charge in [-0.3, -0.25) is 0 Å². The van der Waals surface area contributed by atoms with Gasteiger partial charge in [0.05, 0.1) is 0 Å². The number of fused-ring (bicyclic) bond motifs is 1. The minimum absolute atomic E-state index is 0. The van der Waals surface area contributed by atoms with E-state index in [0.717, 1.165) is 0 Å². The largest absolute Gasteiger partial charge is 1.00 e. The Labute approximate surface area is 180 Å². The average Bonchev–Trinajstić information content (AvgIpc) is 3.19. The van der Waals surface area contributed by atoms with Crippen LogP contribution in [0.5, 0.6) is 0 Å². The minimum atomic E-state index is -0.721. The maximum absolute atomic E-state index is 2.44. The summed E-state index contributed by atoms with van der Waals surface area (Å²) in [5.74, 6) is 0. The fraction of sp³-hybridized carbons (Fsp3) is 0.273. The van der Waals surface area contributed by atoms with Gasteiger partial charge >= 0.3 is 157 Å². The summed E-state index contributed by atoms with van der Waals surface area (Å²) in [6.07, 6.45) is 8.34. The molecule has 1 aromatic carbocycles. The van der Waals surface area contributed by atoms with E-state index in [1.54, 1.807) is 14.4 Å². The molecule has 1 unspecified atom stereocenters. The maximum atomic E-state index is 2.44. The fourth-order valence-corrected chi connectivity index (χ4v) is 8.18. The van der Waals surface area contributed by atoms with Gasteiger partial charge in [-0.15, -0.1) is 0 Å². The predicted molar refractivity (Wildman–Crippen MR) is 98.3 cm³/mol. The summed E-state index contributed by atoms with van der Waals surface area (Å²) in [5.41, 5.74) is 10.2. The van der Waals surface area contributed by atoms with Crippen molar-refractivity contribution in [2.75, 3.05) is 0 Å². The number of aromatic nitrogens is 1. The van der Waals surface area contributed by atoms with Crippen LogP contribution in [0.1, 0.15) is 46.3 Å². The summed E-state index contributed by atoms with van der Waals surface area (Å²) in [7, 11) is 0. The average molecular weight is 464 g/mol. The Morgan fingerprint density at radius 3 is 2.38 bits per heavy atom. The van der Waals surface area contributed by atoms with Crippen LogP contribution >= 0.6 is 0 Å². The van der Waals surface area contributed by atoms with Gasteiger partial charge in [-0.25, -0.2) is 0 Å². The van der Waals surface area contributed by atoms with Crippen molar-refractivity contribution in [1.29, 1.82) is 0 Å². The first-order valence-electron chi connectivity index (χ1n) is 8.64. The Morgan fingerprint density at radius 2 is 1.77 bits per heavy atom. The Balaban J connectivity index is 0.00000121. The van der Waals surface area contributed by atoms with Crippen LogP contribution in [0, 0.1) is 13.8 Å². The number of aryl methyl sites for hydroxylation is 2. The summed E-state index contributed by atoms with van der Waals surface area (Å²) in [6, 6.07) is 11.3. The molecule has 2 aliphatic carbocycles. The molecule has 1 nitrogen and oxygen atoms in total. The third kappa shape index (κ3) is 3.75. The van der Waals surface area contributed by atoms with Crippen LogP contribution in [0.3, 0.4) is 0 Å². The van der Waals surface area contributed by atoms with Gasteiger partial charge in [0.25, 0.3) is 0 Å². The summed E-state index contributed by atoms with van der Waals surface area (Å²) in [6.45, 7) is 9.01. The zero-order valence-electron chi connectivity index (χ0n) is 15.6. The van der Waals surface area contributed by atoms with Gasteiger partial charge in [-0.1, -0.05) is 0 Å². The monoisotopic (exact) mass is 461 g/mol. The molecule has 2 aromatic rings. The van der Waals surface area contributed by atoms with Crippen LogP contribution in [0.25, 0.3) is 11.8 Å². The molecule has 0 bridgehead atoms. The minimum Gasteiger partial charge on any atom is -1.00 e. The third-order valence-electron chi connectivity index (χ3n) is 5.31. The van der Waals surface area contributed by atoms with E-state index in [9.17, 15) is 0 Å². The van der Waals surface area contributed by atoms with Crippen LogP contribution in [-0.4, -0.2) is 4.57 Å². The zero-order valence-corrected chi connectivity index (χ0v) is 19.6. The second kappa shape index (κ2) is 8.47. The fourth-order valence-electron chi connectivity index (χ4n) is 3.83. The molecular weight excluding hydrogens is 440 g/mol. The van der Waals surface area contributed by atoms with Gasteiger partial charge in [0.15, 0.2) is 0 Å². The summed E-state index contributed by atoms with van der Waals surface area (Å²) in [5, 5.41) is 0. The SMILES string of the molecule is CC1=CC[C]([Zr+2][CH]2C(n3cc(C)cc3C)=Cc3ccccc32)=C1C.[Cl-].[Cl-]. The van der Waals surface area contributed by atoms with Crippen molar-refractivity contribution in [2.45, 2.75) is 37.7 Å². The van der Waals surface area contributed by atoms with Crippen molar-refractivity contribution in [3.8, 4) is 0 Å². The van der Waals surface area contributed by atoms with E-state index in [-0.39, 0.29) is 24.8 Å². The molecule has 1 heterocycles. The Hall–Kier alpha value is -0.817. The molecular formula is C22H23Cl2NZr. The molecule has 134 valence electrons. The van der Waals surface area contributed by atoms with Crippen LogP contribution in [0.2, 0.25) is 0 Å². The van der Waals surface area contributed by atoms with E-state index in [1.165, 1.54) is 34.5 Å². The van der Waals surface area contributed by atoms with E-state index in [1.807, 2.05) is 0 Å². The molecule has 1 atom stereocenters. The van der Waals surface area contributed by atoms with Crippen LogP contribution < -0.4 is 24.8 Å². The maximum Gasteiger partial charge on any atom is -1.00 e. The number of benzene rings is 1. The second-order valence-corrected chi connectivity index (χ2v) is 10.6. The summed E-state index contributed by atoms with van der Waals surface area (Å²) in [4.78, 5) is 0. The topological polar surface area (TPSA) is 4.93 Å². The Morgan fingerprint density at radius 1 is 1.04 bits per heavy atom.